The molecule has 0 aliphatic heterocycles. The van der Waals surface area contributed by atoms with E-state index in [4.69, 9.17) is 0 Å². The van der Waals surface area contributed by atoms with E-state index in [1.807, 2.05) is 0 Å². The number of hydrogen-bond acceptors (Lipinski definition) is 3. The van der Waals surface area contributed by atoms with Crippen LogP contribution in [0.15, 0.2) is 6.07 Å². The topological polar surface area (TPSA) is 44.0 Å². The quantitative estimate of drug-likeness (QED) is 0.757. The largest absolute Gasteiger partial charge is 0.307 e. The van der Waals surface area contributed by atoms with Crippen molar-refractivity contribution < 1.29 is 0 Å². The predicted octanol–water partition coefficient (Wildman–Crippen LogP) is 1.72. The third-order valence-corrected chi connectivity index (χ3v) is 3.41. The third-order valence-electron chi connectivity index (χ3n) is 3.41. The van der Waals surface area contributed by atoms with E-state index in [2.05, 4.69) is 47.4 Å². The van der Waals surface area contributed by atoms with Crippen LogP contribution >= 0.6 is 0 Å². The maximum atomic E-state index is 4.36. The normalized spacial score (nSPS) is 17.6. The molecule has 2 rings (SSSR count). The molecule has 0 saturated heterocycles. The van der Waals surface area contributed by atoms with Crippen molar-refractivity contribution in [2.75, 3.05) is 20.1 Å². The number of aromatic nitrogens is 2. The molecule has 0 bridgehead atoms. The van der Waals surface area contributed by atoms with Gasteiger partial charge >= 0.3 is 0 Å². The molecule has 1 heterocycles. The molecule has 0 spiro atoms. The standard InChI is InChI=1S/C13H24N4/c1-4-17(3)9-10(2)14-8-12-7-13(16-15-12)11-5-6-11/h7,10-11,14H,4-6,8-9H2,1-3H3,(H,15,16). The van der Waals surface area contributed by atoms with Crippen molar-refractivity contribution in [3.63, 3.8) is 0 Å². The molecule has 2 N–H and O–H groups in total. The number of nitrogens with zero attached hydrogens (tertiary/aromatic N) is 2. The van der Waals surface area contributed by atoms with Gasteiger partial charge in [0, 0.05) is 30.7 Å². The van der Waals surface area contributed by atoms with Crippen molar-refractivity contribution in [1.29, 1.82) is 0 Å². The van der Waals surface area contributed by atoms with E-state index in [1.165, 1.54) is 24.2 Å². The van der Waals surface area contributed by atoms with Gasteiger partial charge in [0.25, 0.3) is 0 Å². The van der Waals surface area contributed by atoms with E-state index in [0.717, 1.165) is 25.6 Å². The summed E-state index contributed by atoms with van der Waals surface area (Å²) in [5, 5.41) is 11.0. The Kier molecular flexibility index (Phi) is 4.18. The van der Waals surface area contributed by atoms with Gasteiger partial charge in [-0.2, -0.15) is 5.10 Å². The van der Waals surface area contributed by atoms with Gasteiger partial charge in [0.2, 0.25) is 0 Å². The first-order chi connectivity index (χ1) is 8.19. The van der Waals surface area contributed by atoms with Crippen molar-refractivity contribution in [2.45, 2.75) is 45.2 Å². The van der Waals surface area contributed by atoms with Crippen molar-refractivity contribution in [3.8, 4) is 0 Å². The van der Waals surface area contributed by atoms with Crippen molar-refractivity contribution in [3.05, 3.63) is 17.5 Å². The lowest BCUT2D eigenvalue weighted by Gasteiger charge is -2.20. The molecule has 1 unspecified atom stereocenters. The Morgan fingerprint density at radius 2 is 2.35 bits per heavy atom. The molecule has 0 radical (unpaired) electrons. The average Bonchev–Trinajstić information content (AvgIpc) is 3.06. The van der Waals surface area contributed by atoms with Crippen LogP contribution in [0.3, 0.4) is 0 Å². The Labute approximate surface area is 104 Å². The minimum absolute atomic E-state index is 0.507. The van der Waals surface area contributed by atoms with Crippen molar-refractivity contribution >= 4 is 0 Å². The highest BCUT2D eigenvalue weighted by Crippen LogP contribution is 2.38. The van der Waals surface area contributed by atoms with Crippen LogP contribution in [-0.2, 0) is 6.54 Å². The number of H-pyrrole nitrogens is 1. The highest BCUT2D eigenvalue weighted by Gasteiger charge is 2.25. The summed E-state index contributed by atoms with van der Waals surface area (Å²) in [4.78, 5) is 2.32. The van der Waals surface area contributed by atoms with Gasteiger partial charge < -0.3 is 10.2 Å². The summed E-state index contributed by atoms with van der Waals surface area (Å²) in [5.41, 5.74) is 2.46. The molecule has 0 amide bonds. The molecule has 4 heteroatoms. The van der Waals surface area contributed by atoms with Crippen LogP contribution in [-0.4, -0.2) is 41.3 Å². The number of nitrogens with one attached hydrogen (secondary N) is 2. The molecule has 1 aromatic heterocycles. The summed E-state index contributed by atoms with van der Waals surface area (Å²) in [6.45, 7) is 7.48. The van der Waals surface area contributed by atoms with Gasteiger partial charge in [-0.15, -0.1) is 0 Å². The van der Waals surface area contributed by atoms with Gasteiger partial charge in [0.15, 0.2) is 0 Å². The highest BCUT2D eigenvalue weighted by molar-refractivity contribution is 5.17. The van der Waals surface area contributed by atoms with E-state index < -0.39 is 0 Å². The first-order valence-electron chi connectivity index (χ1n) is 6.65. The van der Waals surface area contributed by atoms with E-state index in [-0.39, 0.29) is 0 Å². The summed E-state index contributed by atoms with van der Waals surface area (Å²) in [7, 11) is 2.15. The zero-order valence-electron chi connectivity index (χ0n) is 11.2. The average molecular weight is 236 g/mol. The fraction of sp³-hybridized carbons (Fsp3) is 0.769. The second-order valence-electron chi connectivity index (χ2n) is 5.23. The Balaban J connectivity index is 1.72. The fourth-order valence-electron chi connectivity index (χ4n) is 2.00. The van der Waals surface area contributed by atoms with Crippen molar-refractivity contribution in [1.82, 2.24) is 20.4 Å². The summed E-state index contributed by atoms with van der Waals surface area (Å²) < 4.78 is 0. The van der Waals surface area contributed by atoms with Crippen molar-refractivity contribution in [2.24, 2.45) is 0 Å². The number of hydrogen-bond donors (Lipinski definition) is 2. The number of aromatic amines is 1. The SMILES string of the molecule is CCN(C)CC(C)NCc1cc(C2CC2)n[nH]1. The smallest absolute Gasteiger partial charge is 0.0656 e. The molecule has 1 fully saturated rings. The van der Waals surface area contributed by atoms with Gasteiger partial charge in [-0.25, -0.2) is 0 Å². The molecule has 17 heavy (non-hydrogen) atoms. The zero-order valence-corrected chi connectivity index (χ0v) is 11.2. The van der Waals surface area contributed by atoms with Crippen LogP contribution in [0.2, 0.25) is 0 Å². The van der Waals surface area contributed by atoms with Crippen LogP contribution in [0.4, 0.5) is 0 Å². The Bertz CT molecular complexity index is 343. The second-order valence-corrected chi connectivity index (χ2v) is 5.23. The van der Waals surface area contributed by atoms with Crippen LogP contribution in [0.25, 0.3) is 0 Å². The Morgan fingerprint density at radius 1 is 1.59 bits per heavy atom. The van der Waals surface area contributed by atoms with E-state index >= 15 is 0 Å². The minimum atomic E-state index is 0.507. The lowest BCUT2D eigenvalue weighted by Crippen LogP contribution is -2.37. The Hall–Kier alpha value is -0.870. The molecule has 0 aromatic carbocycles. The maximum absolute atomic E-state index is 4.36. The molecular weight excluding hydrogens is 212 g/mol. The summed E-state index contributed by atoms with van der Waals surface area (Å²) >= 11 is 0. The van der Waals surface area contributed by atoms with E-state index in [9.17, 15) is 0 Å². The van der Waals surface area contributed by atoms with Crippen LogP contribution < -0.4 is 5.32 Å². The van der Waals surface area contributed by atoms with Crippen LogP contribution in [0, 0.1) is 0 Å². The van der Waals surface area contributed by atoms with E-state index in [1.54, 1.807) is 0 Å². The lowest BCUT2D eigenvalue weighted by atomic mass is 10.2. The first-order valence-corrected chi connectivity index (χ1v) is 6.65. The molecule has 1 aliphatic carbocycles. The minimum Gasteiger partial charge on any atom is -0.307 e. The third kappa shape index (κ3) is 3.82. The van der Waals surface area contributed by atoms with E-state index in [0.29, 0.717) is 6.04 Å². The summed E-state index contributed by atoms with van der Waals surface area (Å²) in [6.07, 6.45) is 2.63. The summed E-state index contributed by atoms with van der Waals surface area (Å²) in [6, 6.07) is 2.72. The molecule has 4 nitrogen and oxygen atoms in total. The Morgan fingerprint density at radius 3 is 3.00 bits per heavy atom. The molecule has 1 aliphatic rings. The van der Waals surface area contributed by atoms with Crippen LogP contribution in [0.1, 0.15) is 44.0 Å². The number of rotatable bonds is 7. The maximum Gasteiger partial charge on any atom is 0.0656 e. The molecule has 1 aromatic rings. The lowest BCUT2D eigenvalue weighted by molar-refractivity contribution is 0.309. The van der Waals surface area contributed by atoms with Gasteiger partial charge in [-0.3, -0.25) is 5.10 Å². The van der Waals surface area contributed by atoms with Gasteiger partial charge in [0.1, 0.15) is 0 Å². The first kappa shape index (κ1) is 12.6. The molecule has 1 saturated carbocycles. The highest BCUT2D eigenvalue weighted by atomic mass is 15.1. The molecular formula is C13H24N4. The zero-order chi connectivity index (χ0) is 12.3. The van der Waals surface area contributed by atoms with Crippen LogP contribution in [0.5, 0.6) is 0 Å². The van der Waals surface area contributed by atoms with Gasteiger partial charge in [-0.05, 0) is 39.4 Å². The number of likely N-dealkylation sites (N-methyl/N-ethyl adjacent to an activating group) is 1. The molecule has 96 valence electrons. The summed E-state index contributed by atoms with van der Waals surface area (Å²) in [5.74, 6) is 0.739. The second kappa shape index (κ2) is 5.65. The van der Waals surface area contributed by atoms with Gasteiger partial charge in [-0.1, -0.05) is 6.92 Å². The molecule has 1 atom stereocenters. The van der Waals surface area contributed by atoms with Gasteiger partial charge in [0.05, 0.1) is 5.69 Å². The fourth-order valence-corrected chi connectivity index (χ4v) is 2.00. The monoisotopic (exact) mass is 236 g/mol. The predicted molar refractivity (Wildman–Crippen MR) is 70.0 cm³/mol.